The summed E-state index contributed by atoms with van der Waals surface area (Å²) < 4.78 is 4.59. The third kappa shape index (κ3) is 5.13. The Balaban J connectivity index is 1.70. The molecule has 178 valence electrons. The van der Waals surface area contributed by atoms with Crippen LogP contribution in [0.3, 0.4) is 0 Å². The van der Waals surface area contributed by atoms with Crippen molar-refractivity contribution in [2.45, 2.75) is 37.9 Å². The average molecular weight is 480 g/mol. The molecule has 3 rings (SSSR count). The van der Waals surface area contributed by atoms with Crippen molar-refractivity contribution in [3.05, 3.63) is 22.4 Å². The number of methoxy groups -OCH3 is 1. The lowest BCUT2D eigenvalue weighted by atomic mass is 9.98. The van der Waals surface area contributed by atoms with Crippen molar-refractivity contribution in [2.75, 3.05) is 26.7 Å². The van der Waals surface area contributed by atoms with Gasteiger partial charge in [-0.15, -0.1) is 11.3 Å². The van der Waals surface area contributed by atoms with E-state index in [1.54, 1.807) is 17.5 Å². The summed E-state index contributed by atoms with van der Waals surface area (Å²) in [5.74, 6) is -3.78. The van der Waals surface area contributed by atoms with Crippen molar-refractivity contribution in [3.8, 4) is 0 Å². The van der Waals surface area contributed by atoms with Gasteiger partial charge in [0, 0.05) is 24.5 Å². The summed E-state index contributed by atoms with van der Waals surface area (Å²) >= 11 is 1.18. The summed E-state index contributed by atoms with van der Waals surface area (Å²) in [6.07, 6.45) is 1.60. The molecule has 2 aliphatic heterocycles. The zero-order valence-electron chi connectivity index (χ0n) is 18.2. The Morgan fingerprint density at radius 1 is 1.24 bits per heavy atom. The van der Waals surface area contributed by atoms with E-state index in [4.69, 9.17) is 0 Å². The lowest BCUT2D eigenvalue weighted by Gasteiger charge is -2.36. The van der Waals surface area contributed by atoms with Crippen LogP contribution in [-0.4, -0.2) is 84.3 Å². The van der Waals surface area contributed by atoms with Gasteiger partial charge in [0.2, 0.25) is 11.8 Å². The minimum atomic E-state index is -1.25. The zero-order chi connectivity index (χ0) is 24.1. The lowest BCUT2D eigenvalue weighted by molar-refractivity contribution is -0.154. The fourth-order valence-corrected chi connectivity index (χ4v) is 4.22. The van der Waals surface area contributed by atoms with Gasteiger partial charge in [-0.2, -0.15) is 0 Å². The molecule has 0 radical (unpaired) electrons. The number of carbonyl (C=O) groups is 6. The van der Waals surface area contributed by atoms with E-state index < -0.39 is 53.8 Å². The van der Waals surface area contributed by atoms with E-state index in [0.29, 0.717) is 11.4 Å². The molecule has 0 bridgehead atoms. The predicted octanol–water partition coefficient (Wildman–Crippen LogP) is -0.874. The molecule has 13 heteroatoms. The van der Waals surface area contributed by atoms with E-state index in [1.165, 1.54) is 16.2 Å². The average Bonchev–Trinajstić information content (AvgIpc) is 3.34. The smallest absolute Gasteiger partial charge is 0.331 e. The largest absolute Gasteiger partial charge is 0.467 e. The number of thiophene rings is 1. The summed E-state index contributed by atoms with van der Waals surface area (Å²) in [5.41, 5.74) is 0. The highest BCUT2D eigenvalue weighted by Crippen LogP contribution is 2.21. The van der Waals surface area contributed by atoms with E-state index in [1.807, 2.05) is 6.92 Å². The molecule has 0 spiro atoms. The van der Waals surface area contributed by atoms with Gasteiger partial charge in [0.15, 0.2) is 6.04 Å². The number of rotatable bonds is 8. The second-order valence-electron chi connectivity index (χ2n) is 7.50. The molecule has 3 N–H and O–H groups in total. The van der Waals surface area contributed by atoms with Crippen molar-refractivity contribution < 1.29 is 33.5 Å². The molecular formula is C20H25N5O7S. The highest BCUT2D eigenvalue weighted by atomic mass is 32.1. The first-order valence-electron chi connectivity index (χ1n) is 10.4. The molecule has 12 nitrogen and oxygen atoms in total. The normalized spacial score (nSPS) is 21.1. The summed E-state index contributed by atoms with van der Waals surface area (Å²) in [6, 6.07) is -1.08. The first-order chi connectivity index (χ1) is 15.8. The Morgan fingerprint density at radius 2 is 2.00 bits per heavy atom. The van der Waals surface area contributed by atoms with E-state index in [2.05, 4.69) is 20.7 Å². The van der Waals surface area contributed by atoms with Crippen LogP contribution in [0, 0.1) is 0 Å². The van der Waals surface area contributed by atoms with Gasteiger partial charge in [0.05, 0.1) is 7.11 Å². The van der Waals surface area contributed by atoms with Gasteiger partial charge >= 0.3 is 23.8 Å². The molecule has 3 atom stereocenters. The predicted molar refractivity (Wildman–Crippen MR) is 115 cm³/mol. The molecule has 2 fully saturated rings. The number of piperazine rings is 1. The molecule has 3 heterocycles. The van der Waals surface area contributed by atoms with Gasteiger partial charge in [-0.05, 0) is 17.9 Å². The van der Waals surface area contributed by atoms with Crippen LogP contribution in [0.25, 0.3) is 0 Å². The Morgan fingerprint density at radius 3 is 2.61 bits per heavy atom. The molecule has 0 saturated carbocycles. The lowest BCUT2D eigenvalue weighted by Crippen LogP contribution is -2.72. The van der Waals surface area contributed by atoms with E-state index in [9.17, 15) is 28.8 Å². The van der Waals surface area contributed by atoms with Crippen LogP contribution >= 0.6 is 11.3 Å². The SMILES string of the molecule is CCCCN1CCN(C(=O)NC(C(=O)N[C@H]2C(=O)N[C@H]2C(=O)OC)c2cccs2)C(=O)C1=O. The molecule has 0 aliphatic carbocycles. The molecule has 1 aromatic rings. The maximum atomic E-state index is 13.0. The second kappa shape index (κ2) is 10.4. The molecule has 1 unspecified atom stereocenters. The van der Waals surface area contributed by atoms with Gasteiger partial charge in [0.25, 0.3) is 0 Å². The number of ether oxygens (including phenoxy) is 1. The van der Waals surface area contributed by atoms with Crippen molar-refractivity contribution in [1.29, 1.82) is 0 Å². The molecule has 2 aliphatic rings. The number of urea groups is 1. The highest BCUT2D eigenvalue weighted by Gasteiger charge is 2.47. The van der Waals surface area contributed by atoms with Crippen LogP contribution in [0.1, 0.15) is 30.7 Å². The summed E-state index contributed by atoms with van der Waals surface area (Å²) in [7, 11) is 1.15. The van der Waals surface area contributed by atoms with Crippen molar-refractivity contribution >= 4 is 47.0 Å². The first-order valence-corrected chi connectivity index (χ1v) is 11.3. The fourth-order valence-electron chi connectivity index (χ4n) is 3.44. The quantitative estimate of drug-likeness (QED) is 0.249. The molecule has 2 saturated heterocycles. The number of unbranched alkanes of at least 4 members (excludes halogenated alkanes) is 1. The minimum Gasteiger partial charge on any atom is -0.467 e. The molecule has 0 aromatic carbocycles. The monoisotopic (exact) mass is 479 g/mol. The van der Waals surface area contributed by atoms with Crippen LogP contribution in [0.5, 0.6) is 0 Å². The van der Waals surface area contributed by atoms with Crippen molar-refractivity contribution in [2.24, 2.45) is 0 Å². The third-order valence-electron chi connectivity index (χ3n) is 5.36. The van der Waals surface area contributed by atoms with E-state index >= 15 is 0 Å². The molecular weight excluding hydrogens is 454 g/mol. The fraction of sp³-hybridized carbons (Fsp3) is 0.500. The van der Waals surface area contributed by atoms with Gasteiger partial charge in [0.1, 0.15) is 12.1 Å². The maximum Gasteiger partial charge on any atom is 0.331 e. The number of hydrogen-bond acceptors (Lipinski definition) is 8. The van der Waals surface area contributed by atoms with Gasteiger partial charge in [-0.1, -0.05) is 19.4 Å². The molecule has 1 aromatic heterocycles. The number of amides is 6. The van der Waals surface area contributed by atoms with Crippen LogP contribution in [0.2, 0.25) is 0 Å². The van der Waals surface area contributed by atoms with Gasteiger partial charge in [-0.3, -0.25) is 24.1 Å². The topological polar surface area (TPSA) is 154 Å². The summed E-state index contributed by atoms with van der Waals surface area (Å²) in [5, 5.41) is 8.94. The van der Waals surface area contributed by atoms with Crippen LogP contribution in [0.15, 0.2) is 17.5 Å². The zero-order valence-corrected chi connectivity index (χ0v) is 19.0. The minimum absolute atomic E-state index is 0.00561. The Labute approximate surface area is 193 Å². The summed E-state index contributed by atoms with van der Waals surface area (Å²) in [6.45, 7) is 2.60. The maximum absolute atomic E-state index is 13.0. The van der Waals surface area contributed by atoms with E-state index in [0.717, 1.165) is 24.9 Å². The standard InChI is InChI=1S/C20H25N5O7S/c1-3-4-7-24-8-9-25(18(29)17(24)28)20(31)23-12(11-6-5-10-33-11)15(26)21-13-14(19(30)32-2)22-16(13)27/h5-6,10,12-14H,3-4,7-9H2,1-2H3,(H,21,26)(H,22,27)(H,23,31)/t12?,13-,14-/m1/s1. The van der Waals surface area contributed by atoms with Crippen LogP contribution in [-0.2, 0) is 28.7 Å². The number of carbonyl (C=O) groups excluding carboxylic acids is 6. The van der Waals surface area contributed by atoms with Gasteiger partial charge < -0.3 is 25.6 Å². The number of nitrogens with one attached hydrogen (secondary N) is 3. The van der Waals surface area contributed by atoms with E-state index in [-0.39, 0.29) is 13.1 Å². The molecule has 33 heavy (non-hydrogen) atoms. The van der Waals surface area contributed by atoms with Crippen LogP contribution in [0.4, 0.5) is 4.79 Å². The number of hydrogen-bond donors (Lipinski definition) is 3. The number of β-lactam (4-membered cyclic amide) rings is 1. The highest BCUT2D eigenvalue weighted by molar-refractivity contribution is 7.10. The third-order valence-corrected chi connectivity index (χ3v) is 6.30. The summed E-state index contributed by atoms with van der Waals surface area (Å²) in [4.78, 5) is 76.8. The van der Waals surface area contributed by atoms with Crippen LogP contribution < -0.4 is 16.0 Å². The number of nitrogens with zero attached hydrogens (tertiary/aromatic N) is 2. The Hall–Kier alpha value is -3.48. The van der Waals surface area contributed by atoms with Crippen molar-refractivity contribution in [1.82, 2.24) is 25.8 Å². The van der Waals surface area contributed by atoms with Crippen molar-refractivity contribution in [3.63, 3.8) is 0 Å². The first kappa shape index (κ1) is 24.2. The molecule has 6 amide bonds. The van der Waals surface area contributed by atoms with Gasteiger partial charge in [-0.25, -0.2) is 9.59 Å². The number of esters is 1. The number of imide groups is 1. The Bertz CT molecular complexity index is 951. The second-order valence-corrected chi connectivity index (χ2v) is 8.48. The Kier molecular flexibility index (Phi) is 7.63.